The van der Waals surface area contributed by atoms with Crippen molar-refractivity contribution in [1.29, 1.82) is 5.41 Å². The molecule has 39 heavy (non-hydrogen) atoms. The zero-order valence-electron chi connectivity index (χ0n) is 20.8. The van der Waals surface area contributed by atoms with Crippen LogP contribution in [0.1, 0.15) is 24.5 Å². The third-order valence-electron chi connectivity index (χ3n) is 5.37. The molecule has 0 unspecified atom stereocenters. The highest BCUT2D eigenvalue weighted by atomic mass is 35.5. The predicted molar refractivity (Wildman–Crippen MR) is 147 cm³/mol. The van der Waals surface area contributed by atoms with Crippen LogP contribution in [0.15, 0.2) is 51.0 Å². The van der Waals surface area contributed by atoms with Gasteiger partial charge in [-0.2, -0.15) is 9.37 Å². The first kappa shape index (κ1) is 28.8. The van der Waals surface area contributed by atoms with E-state index in [0.29, 0.717) is 28.8 Å². The third kappa shape index (κ3) is 6.97. The van der Waals surface area contributed by atoms with Gasteiger partial charge in [0.25, 0.3) is 0 Å². The van der Waals surface area contributed by atoms with Gasteiger partial charge in [0.1, 0.15) is 5.71 Å². The first-order valence-corrected chi connectivity index (χ1v) is 11.7. The molecule has 3 rings (SSSR count). The summed E-state index contributed by atoms with van der Waals surface area (Å²) in [6.07, 6.45) is 7.40. The quantitative estimate of drug-likeness (QED) is 0.130. The second-order valence-corrected chi connectivity index (χ2v) is 8.94. The van der Waals surface area contributed by atoms with Gasteiger partial charge in [-0.1, -0.05) is 23.1 Å². The number of anilines is 3. The number of hydrogen-bond donors (Lipinski definition) is 4. The molecule has 0 saturated heterocycles. The summed E-state index contributed by atoms with van der Waals surface area (Å²) >= 11 is 6.35. The van der Waals surface area contributed by atoms with Gasteiger partial charge in [0.05, 0.1) is 23.8 Å². The average molecular weight is 556 g/mol. The smallest absolute Gasteiger partial charge is 0.355 e. The third-order valence-corrected chi connectivity index (χ3v) is 5.68. The van der Waals surface area contributed by atoms with E-state index in [1.54, 1.807) is 0 Å². The Morgan fingerprint density at radius 2 is 2.05 bits per heavy atom. The minimum atomic E-state index is -1.46. The van der Waals surface area contributed by atoms with Gasteiger partial charge in [-0.3, -0.25) is 15.0 Å². The number of phenolic OH excluding ortho intramolecular Hbond substituents is 1. The summed E-state index contributed by atoms with van der Waals surface area (Å²) in [6.45, 7) is 5.18. The molecule has 0 saturated carbocycles. The van der Waals surface area contributed by atoms with Crippen LogP contribution in [0.2, 0.25) is 5.02 Å². The maximum absolute atomic E-state index is 14.0. The van der Waals surface area contributed by atoms with Gasteiger partial charge in [0.15, 0.2) is 17.4 Å². The lowest BCUT2D eigenvalue weighted by Gasteiger charge is -2.17. The zero-order valence-corrected chi connectivity index (χ0v) is 21.5. The average Bonchev–Trinajstić information content (AvgIpc) is 2.87. The van der Waals surface area contributed by atoms with Gasteiger partial charge < -0.3 is 16.2 Å². The van der Waals surface area contributed by atoms with E-state index in [9.17, 15) is 23.5 Å². The molecule has 0 radical (unpaired) electrons. The van der Waals surface area contributed by atoms with Crippen LogP contribution < -0.4 is 22.4 Å². The number of nitrogens with one attached hydrogen (secondary N) is 2. The molecule has 0 aliphatic heterocycles. The second-order valence-electron chi connectivity index (χ2n) is 8.53. The lowest BCUT2D eigenvalue weighted by atomic mass is 10.1. The summed E-state index contributed by atoms with van der Waals surface area (Å²) < 4.78 is 29.1. The highest BCUT2D eigenvalue weighted by Crippen LogP contribution is 2.29. The number of aromatic nitrogens is 3. The minimum absolute atomic E-state index is 0.0238. The number of aliphatic imine (C=N–C) groups is 1. The van der Waals surface area contributed by atoms with E-state index in [-0.39, 0.29) is 27.9 Å². The number of halogens is 3. The fourth-order valence-corrected chi connectivity index (χ4v) is 3.58. The van der Waals surface area contributed by atoms with Crippen molar-refractivity contribution in [2.45, 2.75) is 26.4 Å². The molecule has 0 fully saturated rings. The molecule has 0 aliphatic rings. The summed E-state index contributed by atoms with van der Waals surface area (Å²) in [5, 5.41) is 20.3. The van der Waals surface area contributed by atoms with E-state index < -0.39 is 41.9 Å². The molecule has 0 aliphatic carbocycles. The topological polar surface area (TPSA) is 151 Å². The Kier molecular flexibility index (Phi) is 9.00. The molecule has 0 bridgehead atoms. The number of terminal acetylenes is 1. The molecule has 0 amide bonds. The van der Waals surface area contributed by atoms with Crippen LogP contribution >= 0.6 is 11.6 Å². The predicted octanol–water partition coefficient (Wildman–Crippen LogP) is 3.45. The van der Waals surface area contributed by atoms with E-state index >= 15 is 0 Å². The highest BCUT2D eigenvalue weighted by molar-refractivity contribution is 6.33. The number of nitrogens with two attached hydrogens (primary N) is 1. The lowest BCUT2D eigenvalue weighted by molar-refractivity contribution is 0.405. The lowest BCUT2D eigenvalue weighted by Crippen LogP contribution is -2.44. The van der Waals surface area contributed by atoms with Crippen LogP contribution in [-0.4, -0.2) is 37.7 Å². The van der Waals surface area contributed by atoms with Crippen LogP contribution in [0.4, 0.5) is 26.1 Å². The fraction of sp³-hybridized carbons (Fsp3) is 0.192. The van der Waals surface area contributed by atoms with E-state index in [0.717, 1.165) is 22.3 Å². The number of nitrogen functional groups attached to an aromatic ring is 1. The Bertz CT molecular complexity index is 1630. The number of hydrogen-bond acceptors (Lipinski definition) is 8. The van der Waals surface area contributed by atoms with E-state index in [1.807, 2.05) is 12.8 Å². The van der Waals surface area contributed by atoms with Gasteiger partial charge in [-0.05, 0) is 43.2 Å². The largest absolute Gasteiger partial charge is 0.505 e. The van der Waals surface area contributed by atoms with Gasteiger partial charge in [0.2, 0.25) is 5.95 Å². The summed E-state index contributed by atoms with van der Waals surface area (Å²) in [6, 6.07) is 4.67. The van der Waals surface area contributed by atoms with Gasteiger partial charge in [0, 0.05) is 24.0 Å². The van der Waals surface area contributed by atoms with E-state index in [2.05, 4.69) is 21.9 Å². The highest BCUT2D eigenvalue weighted by Gasteiger charge is 2.18. The van der Waals surface area contributed by atoms with Crippen molar-refractivity contribution in [3.8, 4) is 18.1 Å². The number of aromatic hydroxyl groups is 1. The Hall–Kier alpha value is -4.76. The van der Waals surface area contributed by atoms with Crippen LogP contribution in [0.25, 0.3) is 0 Å². The van der Waals surface area contributed by atoms with Crippen LogP contribution in [0.5, 0.6) is 5.75 Å². The standard InChI is InChI=1S/C26H24ClF2N7O3/c1-4-17(30)13-36-25(38)34-24(35(26(36)39)12-15-7-19(28)23(29)22(37)8-15)33-21-9-16(20(31)10-18(21)27)11-32-6-5-14(2)3/h1,7-11,30,37H,2,5-6,12-13,31H2,3H3,(H,33,34,38). The van der Waals surface area contributed by atoms with Gasteiger partial charge >= 0.3 is 11.4 Å². The number of rotatable bonds is 10. The summed E-state index contributed by atoms with van der Waals surface area (Å²) in [5.74, 6) is -2.07. The molecule has 2 aromatic carbocycles. The second kappa shape index (κ2) is 12.2. The van der Waals surface area contributed by atoms with Crippen molar-refractivity contribution in [2.24, 2.45) is 4.99 Å². The maximum Gasteiger partial charge on any atom is 0.355 e. The first-order chi connectivity index (χ1) is 18.4. The maximum atomic E-state index is 14.0. The molecular formula is C26H24ClF2N7O3. The molecule has 5 N–H and O–H groups in total. The SMILES string of the molecule is C#CC(=N)Cn1c(=O)nc(Nc2cc(C=NCCC(=C)C)c(N)cc2Cl)n(Cc2cc(O)c(F)c(F)c2)c1=O. The Morgan fingerprint density at radius 1 is 1.33 bits per heavy atom. The number of benzene rings is 2. The summed E-state index contributed by atoms with van der Waals surface area (Å²) in [7, 11) is 0. The Labute approximate surface area is 226 Å². The van der Waals surface area contributed by atoms with Crippen LogP contribution in [0, 0.1) is 29.4 Å². The molecule has 0 spiro atoms. The van der Waals surface area contributed by atoms with Crippen molar-refractivity contribution >= 4 is 40.9 Å². The molecule has 3 aromatic rings. The molecule has 0 atom stereocenters. The Morgan fingerprint density at radius 3 is 2.69 bits per heavy atom. The molecule has 1 heterocycles. The van der Waals surface area contributed by atoms with E-state index in [1.165, 1.54) is 18.3 Å². The van der Waals surface area contributed by atoms with Crippen molar-refractivity contribution in [1.82, 2.24) is 14.1 Å². The molecule has 1 aromatic heterocycles. The van der Waals surface area contributed by atoms with Crippen molar-refractivity contribution in [3.05, 3.63) is 85.2 Å². The van der Waals surface area contributed by atoms with Crippen molar-refractivity contribution in [3.63, 3.8) is 0 Å². The normalized spacial score (nSPS) is 10.9. The first-order valence-electron chi connectivity index (χ1n) is 11.3. The molecule has 202 valence electrons. The zero-order chi connectivity index (χ0) is 28.9. The molecular weight excluding hydrogens is 532 g/mol. The summed E-state index contributed by atoms with van der Waals surface area (Å²) in [5.41, 5.74) is 5.64. The molecule has 13 heteroatoms. The van der Waals surface area contributed by atoms with Gasteiger partial charge in [-0.15, -0.1) is 13.0 Å². The van der Waals surface area contributed by atoms with Crippen LogP contribution in [-0.2, 0) is 13.1 Å². The van der Waals surface area contributed by atoms with Gasteiger partial charge in [-0.25, -0.2) is 18.5 Å². The fourth-order valence-electron chi connectivity index (χ4n) is 3.36. The van der Waals surface area contributed by atoms with E-state index in [4.69, 9.17) is 29.2 Å². The Balaban J connectivity index is 2.12. The molecule has 10 nitrogen and oxygen atoms in total. The number of phenols is 1. The minimum Gasteiger partial charge on any atom is -0.505 e. The number of nitrogens with zero attached hydrogens (tertiary/aromatic N) is 4. The van der Waals surface area contributed by atoms with Crippen LogP contribution in [0.3, 0.4) is 0 Å². The van der Waals surface area contributed by atoms with Crippen molar-refractivity contribution in [2.75, 3.05) is 17.6 Å². The monoisotopic (exact) mass is 555 g/mol. The summed E-state index contributed by atoms with van der Waals surface area (Å²) in [4.78, 5) is 34.2. The van der Waals surface area contributed by atoms with Crippen molar-refractivity contribution < 1.29 is 13.9 Å².